The predicted octanol–water partition coefficient (Wildman–Crippen LogP) is 3.72. The molecule has 0 amide bonds. The van der Waals surface area contributed by atoms with Crippen LogP contribution in [0.4, 0.5) is 4.39 Å². The van der Waals surface area contributed by atoms with Crippen LogP contribution in [0.1, 0.15) is 32.3 Å². The summed E-state index contributed by atoms with van der Waals surface area (Å²) in [6.07, 6.45) is 1.88. The molecule has 0 bridgehead atoms. The average Bonchev–Trinajstić information content (AvgIpc) is 2.37. The number of methoxy groups -OCH3 is 1. The molecule has 0 saturated heterocycles. The van der Waals surface area contributed by atoms with E-state index in [0.717, 1.165) is 18.4 Å². The van der Waals surface area contributed by atoms with Crippen molar-refractivity contribution in [1.82, 2.24) is 5.32 Å². The van der Waals surface area contributed by atoms with Crippen molar-refractivity contribution >= 4 is 11.6 Å². The summed E-state index contributed by atoms with van der Waals surface area (Å²) < 4.78 is 18.4. The zero-order valence-electron chi connectivity index (χ0n) is 11.2. The van der Waals surface area contributed by atoms with Gasteiger partial charge in [-0.3, -0.25) is 0 Å². The van der Waals surface area contributed by atoms with Gasteiger partial charge in [-0.1, -0.05) is 13.0 Å². The van der Waals surface area contributed by atoms with E-state index in [9.17, 15) is 4.39 Å². The molecule has 0 radical (unpaired) electrons. The van der Waals surface area contributed by atoms with E-state index >= 15 is 0 Å². The summed E-state index contributed by atoms with van der Waals surface area (Å²) >= 11 is 5.79. The van der Waals surface area contributed by atoms with Crippen LogP contribution in [-0.2, 0) is 6.54 Å². The van der Waals surface area contributed by atoms with Crippen molar-refractivity contribution < 1.29 is 9.13 Å². The first kappa shape index (κ1) is 15.3. The number of ether oxygens (including phenoxy) is 1. The van der Waals surface area contributed by atoms with Gasteiger partial charge in [0.25, 0.3) is 0 Å². The van der Waals surface area contributed by atoms with Crippen LogP contribution in [0, 0.1) is 5.82 Å². The Morgan fingerprint density at radius 1 is 1.44 bits per heavy atom. The molecular formula is C14H21ClFNO. The van der Waals surface area contributed by atoms with Gasteiger partial charge < -0.3 is 10.1 Å². The van der Waals surface area contributed by atoms with Crippen molar-refractivity contribution in [3.8, 4) is 5.75 Å². The largest absolute Gasteiger partial charge is 0.494 e. The zero-order chi connectivity index (χ0) is 13.6. The lowest BCUT2D eigenvalue weighted by molar-refractivity contribution is 0.330. The SMILES string of the molecule is CCC(C)(CCCl)NCc1ccc(OC)c(F)c1. The number of nitrogens with one attached hydrogen (secondary N) is 1. The van der Waals surface area contributed by atoms with E-state index in [1.54, 1.807) is 6.07 Å². The summed E-state index contributed by atoms with van der Waals surface area (Å²) in [5.74, 6) is 0.569. The minimum Gasteiger partial charge on any atom is -0.494 e. The summed E-state index contributed by atoms with van der Waals surface area (Å²) in [7, 11) is 1.46. The van der Waals surface area contributed by atoms with E-state index in [4.69, 9.17) is 16.3 Å². The maximum Gasteiger partial charge on any atom is 0.165 e. The van der Waals surface area contributed by atoms with E-state index in [1.807, 2.05) is 6.07 Å². The third-order valence-electron chi connectivity index (χ3n) is 3.36. The van der Waals surface area contributed by atoms with Gasteiger partial charge in [-0.05, 0) is 37.5 Å². The van der Waals surface area contributed by atoms with Gasteiger partial charge in [0.15, 0.2) is 11.6 Å². The second-order valence-electron chi connectivity index (χ2n) is 4.68. The fourth-order valence-electron chi connectivity index (χ4n) is 1.73. The molecule has 1 N–H and O–H groups in total. The molecule has 0 fully saturated rings. The quantitative estimate of drug-likeness (QED) is 0.765. The van der Waals surface area contributed by atoms with Gasteiger partial charge in [0.2, 0.25) is 0 Å². The Bertz CT molecular complexity index is 386. The number of benzene rings is 1. The molecule has 0 aliphatic rings. The highest BCUT2D eigenvalue weighted by atomic mass is 35.5. The van der Waals surface area contributed by atoms with E-state index in [2.05, 4.69) is 19.2 Å². The third kappa shape index (κ3) is 4.14. The van der Waals surface area contributed by atoms with Crippen molar-refractivity contribution in [3.05, 3.63) is 29.6 Å². The maximum absolute atomic E-state index is 13.5. The third-order valence-corrected chi connectivity index (χ3v) is 3.55. The molecule has 0 spiro atoms. The number of hydrogen-bond acceptors (Lipinski definition) is 2. The standard InChI is InChI=1S/C14H21ClFNO/c1-4-14(2,7-8-15)17-10-11-5-6-13(18-3)12(16)9-11/h5-6,9,17H,4,7-8,10H2,1-3H3. The molecule has 0 aliphatic carbocycles. The molecule has 1 unspecified atom stereocenters. The smallest absolute Gasteiger partial charge is 0.165 e. The highest BCUT2D eigenvalue weighted by Gasteiger charge is 2.20. The highest BCUT2D eigenvalue weighted by Crippen LogP contribution is 2.20. The summed E-state index contributed by atoms with van der Waals surface area (Å²) in [6, 6.07) is 5.02. The van der Waals surface area contributed by atoms with Gasteiger partial charge in [-0.2, -0.15) is 0 Å². The van der Waals surface area contributed by atoms with Crippen LogP contribution in [0.2, 0.25) is 0 Å². The lowest BCUT2D eigenvalue weighted by atomic mass is 9.95. The molecule has 4 heteroatoms. The fourth-order valence-corrected chi connectivity index (χ4v) is 2.15. The summed E-state index contributed by atoms with van der Waals surface area (Å²) in [4.78, 5) is 0. The number of hydrogen-bond donors (Lipinski definition) is 1. The predicted molar refractivity (Wildman–Crippen MR) is 73.8 cm³/mol. The Balaban J connectivity index is 2.65. The molecule has 1 rings (SSSR count). The Morgan fingerprint density at radius 3 is 2.67 bits per heavy atom. The second-order valence-corrected chi connectivity index (χ2v) is 5.05. The van der Waals surface area contributed by atoms with Gasteiger partial charge in [0.05, 0.1) is 7.11 Å². The Kier molecular flexibility index (Phi) is 5.89. The van der Waals surface area contributed by atoms with Crippen LogP contribution in [0.25, 0.3) is 0 Å². The molecule has 1 atom stereocenters. The van der Waals surface area contributed by atoms with Gasteiger partial charge >= 0.3 is 0 Å². The minimum absolute atomic E-state index is 0.00183. The van der Waals surface area contributed by atoms with E-state index < -0.39 is 0 Å². The molecule has 0 aromatic heterocycles. The summed E-state index contributed by atoms with van der Waals surface area (Å²) in [5.41, 5.74) is 0.903. The van der Waals surface area contributed by atoms with Gasteiger partial charge in [-0.15, -0.1) is 11.6 Å². The molecular weight excluding hydrogens is 253 g/mol. The first-order valence-electron chi connectivity index (χ1n) is 6.18. The maximum atomic E-state index is 13.5. The van der Waals surface area contributed by atoms with Gasteiger partial charge in [0, 0.05) is 18.0 Å². The van der Waals surface area contributed by atoms with Crippen LogP contribution < -0.4 is 10.1 Å². The van der Waals surface area contributed by atoms with Crippen LogP contribution in [-0.4, -0.2) is 18.5 Å². The lowest BCUT2D eigenvalue weighted by Crippen LogP contribution is -2.41. The zero-order valence-corrected chi connectivity index (χ0v) is 12.0. The molecule has 0 saturated carbocycles. The number of rotatable bonds is 7. The summed E-state index contributed by atoms with van der Waals surface area (Å²) in [5, 5.41) is 3.44. The molecule has 1 aromatic rings. The Hall–Kier alpha value is -0.800. The molecule has 0 aliphatic heterocycles. The summed E-state index contributed by atoms with van der Waals surface area (Å²) in [6.45, 7) is 4.88. The van der Waals surface area contributed by atoms with Crippen LogP contribution in [0.3, 0.4) is 0 Å². The van der Waals surface area contributed by atoms with Crippen molar-refractivity contribution in [2.24, 2.45) is 0 Å². The molecule has 0 heterocycles. The van der Waals surface area contributed by atoms with E-state index in [1.165, 1.54) is 13.2 Å². The van der Waals surface area contributed by atoms with Crippen LogP contribution in [0.15, 0.2) is 18.2 Å². The van der Waals surface area contributed by atoms with Crippen molar-refractivity contribution in [2.45, 2.75) is 38.8 Å². The van der Waals surface area contributed by atoms with E-state index in [0.29, 0.717) is 12.4 Å². The molecule has 1 aromatic carbocycles. The minimum atomic E-state index is -0.327. The first-order valence-corrected chi connectivity index (χ1v) is 6.71. The number of halogens is 2. The number of alkyl halides is 1. The van der Waals surface area contributed by atoms with Gasteiger partial charge in [0.1, 0.15) is 0 Å². The molecule has 2 nitrogen and oxygen atoms in total. The first-order chi connectivity index (χ1) is 8.54. The monoisotopic (exact) mass is 273 g/mol. The van der Waals surface area contributed by atoms with Gasteiger partial charge in [-0.25, -0.2) is 4.39 Å². The van der Waals surface area contributed by atoms with Crippen molar-refractivity contribution in [2.75, 3.05) is 13.0 Å². The Labute approximate surface area is 113 Å². The lowest BCUT2D eigenvalue weighted by Gasteiger charge is -2.29. The average molecular weight is 274 g/mol. The molecule has 102 valence electrons. The van der Waals surface area contributed by atoms with Crippen molar-refractivity contribution in [1.29, 1.82) is 0 Å². The van der Waals surface area contributed by atoms with Crippen LogP contribution in [0.5, 0.6) is 5.75 Å². The fraction of sp³-hybridized carbons (Fsp3) is 0.571. The normalized spacial score (nSPS) is 14.3. The highest BCUT2D eigenvalue weighted by molar-refractivity contribution is 6.17. The second kappa shape index (κ2) is 6.95. The Morgan fingerprint density at radius 2 is 2.17 bits per heavy atom. The molecule has 18 heavy (non-hydrogen) atoms. The van der Waals surface area contributed by atoms with Crippen molar-refractivity contribution in [3.63, 3.8) is 0 Å². The van der Waals surface area contributed by atoms with E-state index in [-0.39, 0.29) is 17.1 Å². The van der Waals surface area contributed by atoms with Crippen LogP contribution >= 0.6 is 11.6 Å². The topological polar surface area (TPSA) is 21.3 Å².